The molecular weight excluding hydrogens is 444 g/mol. The fourth-order valence-corrected chi connectivity index (χ4v) is 5.25. The van der Waals surface area contributed by atoms with Gasteiger partial charge in [0, 0.05) is 44.2 Å². The van der Waals surface area contributed by atoms with Gasteiger partial charge < -0.3 is 18.9 Å². The number of fused-ring (bicyclic) bond motifs is 1. The highest BCUT2D eigenvalue weighted by Crippen LogP contribution is 2.34. The maximum absolute atomic E-state index is 12.8. The van der Waals surface area contributed by atoms with Crippen molar-refractivity contribution in [3.63, 3.8) is 0 Å². The number of nitrogens with zero attached hydrogens (tertiary/aromatic N) is 4. The van der Waals surface area contributed by atoms with Crippen LogP contribution in [0.3, 0.4) is 0 Å². The number of ether oxygens (including phenoxy) is 2. The van der Waals surface area contributed by atoms with Crippen LogP contribution in [-0.2, 0) is 17.8 Å². The van der Waals surface area contributed by atoms with E-state index in [0.29, 0.717) is 18.2 Å². The quantitative estimate of drug-likeness (QED) is 0.534. The van der Waals surface area contributed by atoms with Crippen molar-refractivity contribution in [1.29, 1.82) is 0 Å². The number of piperazine rings is 1. The summed E-state index contributed by atoms with van der Waals surface area (Å²) in [5, 5.41) is 4.24. The van der Waals surface area contributed by atoms with E-state index in [2.05, 4.69) is 33.2 Å². The third kappa shape index (κ3) is 4.89. The molecule has 2 aromatic carbocycles. The molecule has 0 radical (unpaired) electrons. The maximum Gasteiger partial charge on any atom is 0.231 e. The van der Waals surface area contributed by atoms with E-state index in [0.717, 1.165) is 74.1 Å². The second kappa shape index (κ2) is 9.70. The highest BCUT2D eigenvalue weighted by atomic mass is 16.7. The predicted molar refractivity (Wildman–Crippen MR) is 129 cm³/mol. The van der Waals surface area contributed by atoms with Crippen molar-refractivity contribution in [3.05, 3.63) is 59.5 Å². The van der Waals surface area contributed by atoms with Crippen LogP contribution in [0.4, 0.5) is 0 Å². The SMILES string of the molecule is O=C(Cc1ccc2c(c1)OCO2)N1CCN(Cc2cccc(-c3noc(C4CCCC4)n3)c2)CC1. The Morgan fingerprint density at radius 1 is 0.943 bits per heavy atom. The molecule has 1 amide bonds. The molecule has 3 heterocycles. The van der Waals surface area contributed by atoms with E-state index in [4.69, 9.17) is 14.0 Å². The molecule has 6 rings (SSSR count). The zero-order chi connectivity index (χ0) is 23.6. The minimum Gasteiger partial charge on any atom is -0.454 e. The zero-order valence-corrected chi connectivity index (χ0v) is 19.8. The molecule has 0 atom stereocenters. The number of hydrogen-bond acceptors (Lipinski definition) is 7. The van der Waals surface area contributed by atoms with Gasteiger partial charge in [-0.3, -0.25) is 9.69 Å². The first-order chi connectivity index (χ1) is 17.2. The summed E-state index contributed by atoms with van der Waals surface area (Å²) in [4.78, 5) is 21.9. The molecule has 35 heavy (non-hydrogen) atoms. The van der Waals surface area contributed by atoms with Gasteiger partial charge >= 0.3 is 0 Å². The van der Waals surface area contributed by atoms with Crippen LogP contribution in [0.15, 0.2) is 47.0 Å². The van der Waals surface area contributed by atoms with Crippen molar-refractivity contribution >= 4 is 5.91 Å². The first-order valence-corrected chi connectivity index (χ1v) is 12.5. The van der Waals surface area contributed by atoms with Gasteiger partial charge in [0.25, 0.3) is 0 Å². The topological polar surface area (TPSA) is 80.9 Å². The summed E-state index contributed by atoms with van der Waals surface area (Å²) in [6.07, 6.45) is 5.16. The van der Waals surface area contributed by atoms with E-state index in [1.54, 1.807) is 0 Å². The lowest BCUT2D eigenvalue weighted by Gasteiger charge is -2.35. The van der Waals surface area contributed by atoms with Crippen molar-refractivity contribution in [2.24, 2.45) is 0 Å². The summed E-state index contributed by atoms with van der Waals surface area (Å²) in [6, 6.07) is 14.1. The number of carbonyl (C=O) groups is 1. The highest BCUT2D eigenvalue weighted by molar-refractivity contribution is 5.79. The first kappa shape index (κ1) is 22.1. The summed E-state index contributed by atoms with van der Waals surface area (Å²) in [5.41, 5.74) is 3.17. The minimum atomic E-state index is 0.153. The van der Waals surface area contributed by atoms with Gasteiger partial charge in [0.05, 0.1) is 6.42 Å². The molecule has 3 aliphatic rings. The molecule has 0 spiro atoms. The molecular formula is C27H30N4O4. The number of carbonyl (C=O) groups excluding carboxylic acids is 1. The Labute approximate surface area is 204 Å². The molecule has 0 N–H and O–H groups in total. The standard InChI is InChI=1S/C27H30N4O4/c32-25(16-19-8-9-23-24(15-19)34-18-33-23)31-12-10-30(11-13-31)17-20-4-3-7-22(14-20)26-28-27(35-29-26)21-5-1-2-6-21/h3-4,7-9,14-15,21H,1-2,5-6,10-13,16-18H2. The molecule has 0 unspecified atom stereocenters. The van der Waals surface area contributed by atoms with Crippen molar-refractivity contribution in [1.82, 2.24) is 19.9 Å². The van der Waals surface area contributed by atoms with Crippen LogP contribution in [0, 0.1) is 0 Å². The molecule has 1 saturated carbocycles. The number of aromatic nitrogens is 2. The lowest BCUT2D eigenvalue weighted by molar-refractivity contribution is -0.132. The van der Waals surface area contributed by atoms with Gasteiger partial charge in [-0.25, -0.2) is 0 Å². The van der Waals surface area contributed by atoms with Gasteiger partial charge in [-0.15, -0.1) is 0 Å². The van der Waals surface area contributed by atoms with E-state index in [-0.39, 0.29) is 12.7 Å². The first-order valence-electron chi connectivity index (χ1n) is 12.5. The van der Waals surface area contributed by atoms with Gasteiger partial charge in [0.15, 0.2) is 11.5 Å². The lowest BCUT2D eigenvalue weighted by Crippen LogP contribution is -2.48. The van der Waals surface area contributed by atoms with Crippen LogP contribution in [0.25, 0.3) is 11.4 Å². The molecule has 0 bridgehead atoms. The third-order valence-electron chi connectivity index (χ3n) is 7.25. The second-order valence-corrected chi connectivity index (χ2v) is 9.66. The summed E-state index contributed by atoms with van der Waals surface area (Å²) in [7, 11) is 0. The van der Waals surface area contributed by atoms with E-state index < -0.39 is 0 Å². The Hall–Kier alpha value is -3.39. The van der Waals surface area contributed by atoms with Gasteiger partial charge in [0.1, 0.15) is 0 Å². The van der Waals surface area contributed by atoms with E-state index in [9.17, 15) is 4.79 Å². The van der Waals surface area contributed by atoms with Crippen LogP contribution in [-0.4, -0.2) is 58.8 Å². The molecule has 1 aromatic heterocycles. The Morgan fingerprint density at radius 3 is 2.63 bits per heavy atom. The average Bonchev–Trinajstić information content (AvgIpc) is 3.66. The Kier molecular flexibility index (Phi) is 6.12. The Bertz CT molecular complexity index is 1200. The van der Waals surface area contributed by atoms with Crippen molar-refractivity contribution in [2.45, 2.75) is 44.6 Å². The molecule has 1 saturated heterocycles. The van der Waals surface area contributed by atoms with E-state index in [1.165, 1.54) is 18.4 Å². The number of rotatable bonds is 6. The molecule has 182 valence electrons. The summed E-state index contributed by atoms with van der Waals surface area (Å²) >= 11 is 0. The number of hydrogen-bond donors (Lipinski definition) is 0. The lowest BCUT2D eigenvalue weighted by atomic mass is 10.1. The van der Waals surface area contributed by atoms with Crippen LogP contribution in [0.2, 0.25) is 0 Å². The van der Waals surface area contributed by atoms with Crippen LogP contribution in [0.5, 0.6) is 11.5 Å². The maximum atomic E-state index is 12.8. The predicted octanol–water partition coefficient (Wildman–Crippen LogP) is 4.01. The van der Waals surface area contributed by atoms with Crippen LogP contribution < -0.4 is 9.47 Å². The normalized spacial score (nSPS) is 18.3. The molecule has 8 nitrogen and oxygen atoms in total. The molecule has 2 aliphatic heterocycles. The summed E-state index contributed by atoms with van der Waals surface area (Å²) in [5.74, 6) is 3.49. The third-order valence-corrected chi connectivity index (χ3v) is 7.25. The monoisotopic (exact) mass is 474 g/mol. The Morgan fingerprint density at radius 2 is 1.77 bits per heavy atom. The Balaban J connectivity index is 1.03. The average molecular weight is 475 g/mol. The van der Waals surface area contributed by atoms with Crippen molar-refractivity contribution < 1.29 is 18.8 Å². The minimum absolute atomic E-state index is 0.153. The number of amides is 1. The van der Waals surface area contributed by atoms with Crippen molar-refractivity contribution in [2.75, 3.05) is 33.0 Å². The fraction of sp³-hybridized carbons (Fsp3) is 0.444. The van der Waals surface area contributed by atoms with Crippen molar-refractivity contribution in [3.8, 4) is 22.9 Å². The van der Waals surface area contributed by atoms with Crippen LogP contribution in [0.1, 0.15) is 48.6 Å². The van der Waals surface area contributed by atoms with Gasteiger partial charge in [0.2, 0.25) is 24.4 Å². The van der Waals surface area contributed by atoms with Gasteiger partial charge in [-0.05, 0) is 42.2 Å². The summed E-state index contributed by atoms with van der Waals surface area (Å²) < 4.78 is 16.4. The summed E-state index contributed by atoms with van der Waals surface area (Å²) in [6.45, 7) is 4.26. The van der Waals surface area contributed by atoms with E-state index >= 15 is 0 Å². The van der Waals surface area contributed by atoms with Gasteiger partial charge in [-0.1, -0.05) is 42.3 Å². The second-order valence-electron chi connectivity index (χ2n) is 9.66. The molecule has 3 aromatic rings. The molecule has 2 fully saturated rings. The smallest absolute Gasteiger partial charge is 0.231 e. The fourth-order valence-electron chi connectivity index (χ4n) is 5.25. The highest BCUT2D eigenvalue weighted by Gasteiger charge is 2.24. The van der Waals surface area contributed by atoms with E-state index in [1.807, 2.05) is 29.2 Å². The van der Waals surface area contributed by atoms with Gasteiger partial charge in [-0.2, -0.15) is 4.98 Å². The zero-order valence-electron chi connectivity index (χ0n) is 19.8. The molecule has 8 heteroatoms. The van der Waals surface area contributed by atoms with Crippen LogP contribution >= 0.6 is 0 Å². The largest absolute Gasteiger partial charge is 0.454 e. The number of benzene rings is 2. The molecule has 1 aliphatic carbocycles.